The van der Waals surface area contributed by atoms with Gasteiger partial charge in [0.1, 0.15) is 0 Å². The normalized spacial score (nSPS) is 13.5. The van der Waals surface area contributed by atoms with Gasteiger partial charge in [0.15, 0.2) is 0 Å². The van der Waals surface area contributed by atoms with Crippen LogP contribution in [0, 0.1) is 6.92 Å². The Bertz CT molecular complexity index is 429. The number of hydrogen-bond donors (Lipinski definition) is 1. The summed E-state index contributed by atoms with van der Waals surface area (Å²) in [4.78, 5) is 1.29. The summed E-state index contributed by atoms with van der Waals surface area (Å²) in [5.74, 6) is 0. The molecule has 1 N–H and O–H groups in total. The van der Waals surface area contributed by atoms with E-state index in [0.717, 1.165) is 5.56 Å². The SMILES string of the molecule is Cc1cc2c(C(C)O)cccc2s1. The van der Waals surface area contributed by atoms with Gasteiger partial charge in [-0.25, -0.2) is 0 Å². The van der Waals surface area contributed by atoms with Gasteiger partial charge in [0, 0.05) is 9.58 Å². The molecule has 13 heavy (non-hydrogen) atoms. The van der Waals surface area contributed by atoms with E-state index in [2.05, 4.69) is 19.1 Å². The fourth-order valence-corrected chi connectivity index (χ4v) is 2.53. The van der Waals surface area contributed by atoms with Crippen LogP contribution < -0.4 is 0 Å². The molecule has 1 heterocycles. The second-order valence-electron chi connectivity index (χ2n) is 3.29. The van der Waals surface area contributed by atoms with E-state index < -0.39 is 0 Å². The molecule has 0 spiro atoms. The van der Waals surface area contributed by atoms with E-state index in [4.69, 9.17) is 0 Å². The third kappa shape index (κ3) is 1.47. The van der Waals surface area contributed by atoms with Crippen LogP contribution in [0.2, 0.25) is 0 Å². The summed E-state index contributed by atoms with van der Waals surface area (Å²) in [5.41, 5.74) is 1.03. The minimum absolute atomic E-state index is 0.377. The summed E-state index contributed by atoms with van der Waals surface area (Å²) in [6, 6.07) is 8.22. The first-order valence-electron chi connectivity index (χ1n) is 4.35. The Balaban J connectivity index is 2.75. The Hall–Kier alpha value is -0.860. The maximum Gasteiger partial charge on any atom is 0.0768 e. The Labute approximate surface area is 81.6 Å². The smallest absolute Gasteiger partial charge is 0.0768 e. The van der Waals surface area contributed by atoms with Crippen molar-refractivity contribution in [3.05, 3.63) is 34.7 Å². The molecular weight excluding hydrogens is 180 g/mol. The molecule has 2 aromatic rings. The van der Waals surface area contributed by atoms with Crippen LogP contribution in [-0.4, -0.2) is 5.11 Å². The van der Waals surface area contributed by atoms with Gasteiger partial charge >= 0.3 is 0 Å². The average Bonchev–Trinajstić information content (AvgIpc) is 2.43. The largest absolute Gasteiger partial charge is 0.389 e. The molecule has 2 heteroatoms. The van der Waals surface area contributed by atoms with E-state index in [0.29, 0.717) is 0 Å². The fourth-order valence-electron chi connectivity index (χ4n) is 1.57. The zero-order chi connectivity index (χ0) is 9.42. The standard InChI is InChI=1S/C11H12OS/c1-7-6-10-9(8(2)12)4-3-5-11(10)13-7/h3-6,8,12H,1-2H3. The van der Waals surface area contributed by atoms with Gasteiger partial charge in [0.05, 0.1) is 6.10 Å². The molecule has 2 rings (SSSR count). The first kappa shape index (κ1) is 8.73. The second-order valence-corrected chi connectivity index (χ2v) is 4.58. The molecule has 0 radical (unpaired) electrons. The third-order valence-corrected chi connectivity index (χ3v) is 3.18. The number of rotatable bonds is 1. The molecule has 0 fully saturated rings. The maximum absolute atomic E-state index is 9.54. The average molecular weight is 192 g/mol. The molecule has 1 aromatic heterocycles. The molecule has 1 aromatic carbocycles. The van der Waals surface area contributed by atoms with E-state index in [9.17, 15) is 5.11 Å². The van der Waals surface area contributed by atoms with Crippen molar-refractivity contribution in [3.8, 4) is 0 Å². The number of aliphatic hydroxyl groups excluding tert-OH is 1. The summed E-state index contributed by atoms with van der Waals surface area (Å²) < 4.78 is 1.26. The van der Waals surface area contributed by atoms with Crippen LogP contribution in [0.5, 0.6) is 0 Å². The number of aliphatic hydroxyl groups is 1. The Morgan fingerprint density at radius 1 is 1.38 bits per heavy atom. The lowest BCUT2D eigenvalue weighted by Crippen LogP contribution is -1.90. The molecule has 0 saturated heterocycles. The molecule has 0 aliphatic heterocycles. The molecule has 1 atom stereocenters. The molecule has 0 amide bonds. The molecule has 0 bridgehead atoms. The summed E-state index contributed by atoms with van der Waals surface area (Å²) in [6.45, 7) is 3.90. The van der Waals surface area contributed by atoms with Gasteiger partial charge in [0.25, 0.3) is 0 Å². The predicted octanol–water partition coefficient (Wildman–Crippen LogP) is 3.26. The highest BCUT2D eigenvalue weighted by Gasteiger charge is 2.07. The van der Waals surface area contributed by atoms with Crippen LogP contribution in [-0.2, 0) is 0 Å². The highest BCUT2D eigenvalue weighted by Crippen LogP contribution is 2.30. The zero-order valence-corrected chi connectivity index (χ0v) is 8.56. The van der Waals surface area contributed by atoms with Crippen molar-refractivity contribution in [1.82, 2.24) is 0 Å². The summed E-state index contributed by atoms with van der Waals surface area (Å²) in [6.07, 6.45) is -0.377. The van der Waals surface area contributed by atoms with E-state index in [1.54, 1.807) is 11.3 Å². The van der Waals surface area contributed by atoms with E-state index in [1.807, 2.05) is 19.1 Å². The summed E-state index contributed by atoms with van der Waals surface area (Å²) in [5, 5.41) is 10.7. The predicted molar refractivity (Wildman–Crippen MR) is 57.2 cm³/mol. The lowest BCUT2D eigenvalue weighted by molar-refractivity contribution is 0.201. The lowest BCUT2D eigenvalue weighted by Gasteiger charge is -2.04. The van der Waals surface area contributed by atoms with E-state index in [1.165, 1.54) is 15.0 Å². The monoisotopic (exact) mass is 192 g/mol. The Morgan fingerprint density at radius 3 is 2.85 bits per heavy atom. The van der Waals surface area contributed by atoms with Crippen molar-refractivity contribution in [1.29, 1.82) is 0 Å². The molecule has 0 aliphatic rings. The van der Waals surface area contributed by atoms with Crippen LogP contribution >= 0.6 is 11.3 Å². The van der Waals surface area contributed by atoms with Gasteiger partial charge in [-0.3, -0.25) is 0 Å². The first-order valence-corrected chi connectivity index (χ1v) is 5.17. The molecule has 68 valence electrons. The zero-order valence-electron chi connectivity index (χ0n) is 7.74. The van der Waals surface area contributed by atoms with Gasteiger partial charge in [-0.1, -0.05) is 12.1 Å². The minimum atomic E-state index is -0.377. The number of aryl methyl sites for hydroxylation is 1. The quantitative estimate of drug-likeness (QED) is 0.735. The summed E-state index contributed by atoms with van der Waals surface area (Å²) in [7, 11) is 0. The topological polar surface area (TPSA) is 20.2 Å². The minimum Gasteiger partial charge on any atom is -0.389 e. The number of fused-ring (bicyclic) bond motifs is 1. The molecule has 1 unspecified atom stereocenters. The van der Waals surface area contributed by atoms with Crippen molar-refractivity contribution >= 4 is 21.4 Å². The van der Waals surface area contributed by atoms with Gasteiger partial charge in [-0.05, 0) is 36.9 Å². The third-order valence-electron chi connectivity index (χ3n) is 2.17. The second kappa shape index (κ2) is 3.13. The Morgan fingerprint density at radius 2 is 2.15 bits per heavy atom. The molecule has 1 nitrogen and oxygen atoms in total. The lowest BCUT2D eigenvalue weighted by atomic mass is 10.1. The van der Waals surface area contributed by atoms with Crippen LogP contribution in [0.3, 0.4) is 0 Å². The van der Waals surface area contributed by atoms with Crippen molar-refractivity contribution in [2.24, 2.45) is 0 Å². The number of benzene rings is 1. The summed E-state index contributed by atoms with van der Waals surface area (Å²) >= 11 is 1.77. The van der Waals surface area contributed by atoms with Gasteiger partial charge in [0.2, 0.25) is 0 Å². The van der Waals surface area contributed by atoms with Crippen molar-refractivity contribution in [3.63, 3.8) is 0 Å². The highest BCUT2D eigenvalue weighted by atomic mass is 32.1. The van der Waals surface area contributed by atoms with Crippen molar-refractivity contribution < 1.29 is 5.11 Å². The van der Waals surface area contributed by atoms with Crippen LogP contribution in [0.25, 0.3) is 10.1 Å². The first-order chi connectivity index (χ1) is 6.18. The maximum atomic E-state index is 9.54. The van der Waals surface area contributed by atoms with Crippen molar-refractivity contribution in [2.45, 2.75) is 20.0 Å². The molecular formula is C11H12OS. The van der Waals surface area contributed by atoms with Crippen LogP contribution in [0.1, 0.15) is 23.5 Å². The van der Waals surface area contributed by atoms with Crippen molar-refractivity contribution in [2.75, 3.05) is 0 Å². The fraction of sp³-hybridized carbons (Fsp3) is 0.273. The molecule has 0 aliphatic carbocycles. The van der Waals surface area contributed by atoms with E-state index >= 15 is 0 Å². The highest BCUT2D eigenvalue weighted by molar-refractivity contribution is 7.19. The molecule has 0 saturated carbocycles. The van der Waals surface area contributed by atoms with E-state index in [-0.39, 0.29) is 6.10 Å². The Kier molecular flexibility index (Phi) is 2.10. The van der Waals surface area contributed by atoms with Gasteiger partial charge in [-0.15, -0.1) is 11.3 Å². The van der Waals surface area contributed by atoms with Crippen LogP contribution in [0.15, 0.2) is 24.3 Å². The van der Waals surface area contributed by atoms with Gasteiger partial charge < -0.3 is 5.11 Å². The number of thiophene rings is 1. The number of hydrogen-bond acceptors (Lipinski definition) is 2. The van der Waals surface area contributed by atoms with Crippen LogP contribution in [0.4, 0.5) is 0 Å². The van der Waals surface area contributed by atoms with Gasteiger partial charge in [-0.2, -0.15) is 0 Å².